The molecule has 1 aromatic carbocycles. The number of hydrogen-bond donors (Lipinski definition) is 2. The maximum atomic E-state index is 11.5. The van der Waals surface area contributed by atoms with E-state index in [9.17, 15) is 4.79 Å². The molecule has 6 nitrogen and oxygen atoms in total. The van der Waals surface area contributed by atoms with Crippen LogP contribution in [0.2, 0.25) is 0 Å². The molecule has 0 saturated carbocycles. The Labute approximate surface area is 110 Å². The van der Waals surface area contributed by atoms with Gasteiger partial charge in [0.05, 0.1) is 36.3 Å². The van der Waals surface area contributed by atoms with Gasteiger partial charge in [0.25, 0.3) is 0 Å². The number of hydrogen-bond acceptors (Lipinski definition) is 6. The molecule has 19 heavy (non-hydrogen) atoms. The van der Waals surface area contributed by atoms with Gasteiger partial charge in [-0.1, -0.05) is 6.07 Å². The van der Waals surface area contributed by atoms with Gasteiger partial charge < -0.3 is 15.8 Å². The molecule has 0 aliphatic heterocycles. The van der Waals surface area contributed by atoms with Crippen molar-refractivity contribution in [2.75, 3.05) is 18.2 Å². The number of nitrogens with one attached hydrogen (secondary N) is 1. The van der Waals surface area contributed by atoms with Gasteiger partial charge in [-0.3, -0.25) is 0 Å². The van der Waals surface area contributed by atoms with E-state index in [-0.39, 0.29) is 0 Å². The lowest BCUT2D eigenvalue weighted by Gasteiger charge is -2.11. The van der Waals surface area contributed by atoms with E-state index in [0.717, 1.165) is 5.69 Å². The van der Waals surface area contributed by atoms with Gasteiger partial charge in [-0.2, -0.15) is 10.2 Å². The smallest absolute Gasteiger partial charge is 0.340 e. The predicted molar refractivity (Wildman–Crippen MR) is 71.6 cm³/mol. The number of nitrogens with two attached hydrogens (primary N) is 1. The molecule has 0 atom stereocenters. The van der Waals surface area contributed by atoms with Gasteiger partial charge in [-0.25, -0.2) is 4.79 Å². The van der Waals surface area contributed by atoms with Crippen molar-refractivity contribution in [1.82, 2.24) is 10.2 Å². The minimum Gasteiger partial charge on any atom is -0.465 e. The Balaban J connectivity index is 2.15. The molecule has 2 aromatic rings. The van der Waals surface area contributed by atoms with Crippen LogP contribution in [0.25, 0.3) is 0 Å². The summed E-state index contributed by atoms with van der Waals surface area (Å²) >= 11 is 0. The Kier molecular flexibility index (Phi) is 3.92. The van der Waals surface area contributed by atoms with Crippen LogP contribution < -0.4 is 11.1 Å². The van der Waals surface area contributed by atoms with Crippen LogP contribution in [0, 0.1) is 0 Å². The number of benzene rings is 1. The fourth-order valence-corrected chi connectivity index (χ4v) is 1.62. The van der Waals surface area contributed by atoms with E-state index in [4.69, 9.17) is 5.73 Å². The number of anilines is 2. The average Bonchev–Trinajstić information content (AvgIpc) is 2.46. The van der Waals surface area contributed by atoms with Crippen LogP contribution in [0.1, 0.15) is 16.1 Å². The van der Waals surface area contributed by atoms with Crippen molar-refractivity contribution in [2.24, 2.45) is 0 Å². The van der Waals surface area contributed by atoms with Gasteiger partial charge in [0, 0.05) is 6.20 Å². The van der Waals surface area contributed by atoms with Gasteiger partial charge >= 0.3 is 5.97 Å². The molecule has 0 radical (unpaired) electrons. The monoisotopic (exact) mass is 258 g/mol. The second kappa shape index (κ2) is 5.81. The molecule has 0 amide bonds. The van der Waals surface area contributed by atoms with Crippen molar-refractivity contribution >= 4 is 17.3 Å². The summed E-state index contributed by atoms with van der Waals surface area (Å²) < 4.78 is 4.67. The minimum absolute atomic E-state index is 0.339. The Morgan fingerprint density at radius 2 is 2.21 bits per heavy atom. The first-order chi connectivity index (χ1) is 9.22. The maximum absolute atomic E-state index is 11.5. The number of nitrogen functional groups attached to an aromatic ring is 1. The topological polar surface area (TPSA) is 90.1 Å². The molecule has 0 bridgehead atoms. The molecule has 0 aliphatic carbocycles. The van der Waals surface area contributed by atoms with Crippen molar-refractivity contribution in [3.8, 4) is 0 Å². The Bertz CT molecular complexity index is 572. The van der Waals surface area contributed by atoms with Crippen LogP contribution in [-0.4, -0.2) is 23.3 Å². The molecule has 0 aliphatic rings. The Hall–Kier alpha value is -2.63. The largest absolute Gasteiger partial charge is 0.465 e. The van der Waals surface area contributed by atoms with E-state index < -0.39 is 5.97 Å². The third-order valence-corrected chi connectivity index (χ3v) is 2.60. The highest BCUT2D eigenvalue weighted by atomic mass is 16.5. The van der Waals surface area contributed by atoms with Gasteiger partial charge in [0.15, 0.2) is 0 Å². The van der Waals surface area contributed by atoms with E-state index >= 15 is 0 Å². The molecule has 2 rings (SSSR count). The molecular weight excluding hydrogens is 244 g/mol. The summed E-state index contributed by atoms with van der Waals surface area (Å²) in [5.74, 6) is -0.458. The van der Waals surface area contributed by atoms with Gasteiger partial charge in [-0.15, -0.1) is 0 Å². The second-order valence-corrected chi connectivity index (χ2v) is 3.83. The quantitative estimate of drug-likeness (QED) is 0.637. The summed E-state index contributed by atoms with van der Waals surface area (Å²) in [6, 6.07) is 8.80. The highest BCUT2D eigenvalue weighted by Crippen LogP contribution is 2.23. The van der Waals surface area contributed by atoms with Crippen LogP contribution in [0.15, 0.2) is 36.5 Å². The van der Waals surface area contributed by atoms with Crippen LogP contribution in [-0.2, 0) is 11.3 Å². The average molecular weight is 258 g/mol. The molecule has 0 fully saturated rings. The molecule has 0 saturated heterocycles. The zero-order chi connectivity index (χ0) is 13.7. The van der Waals surface area contributed by atoms with E-state index in [2.05, 4.69) is 20.3 Å². The minimum atomic E-state index is -0.458. The SMILES string of the molecule is COC(=O)c1cccc(NCc2cccnn2)c1N. The van der Waals surface area contributed by atoms with E-state index in [1.807, 2.05) is 6.07 Å². The van der Waals surface area contributed by atoms with Crippen molar-refractivity contribution in [3.05, 3.63) is 47.8 Å². The van der Waals surface area contributed by atoms with Crippen LogP contribution in [0.3, 0.4) is 0 Å². The second-order valence-electron chi connectivity index (χ2n) is 3.83. The molecule has 0 unspecified atom stereocenters. The maximum Gasteiger partial charge on any atom is 0.340 e. The number of aromatic nitrogens is 2. The summed E-state index contributed by atoms with van der Waals surface area (Å²) in [5, 5.41) is 10.8. The number of nitrogens with zero attached hydrogens (tertiary/aromatic N) is 2. The number of para-hydroxylation sites is 1. The Morgan fingerprint density at radius 3 is 2.89 bits per heavy atom. The first-order valence-electron chi connectivity index (χ1n) is 5.69. The number of ether oxygens (including phenoxy) is 1. The molecule has 0 spiro atoms. The summed E-state index contributed by atoms with van der Waals surface area (Å²) in [6.45, 7) is 0.475. The van der Waals surface area contributed by atoms with Crippen molar-refractivity contribution in [1.29, 1.82) is 0 Å². The molecule has 1 aromatic heterocycles. The number of methoxy groups -OCH3 is 1. The van der Waals surface area contributed by atoms with Crippen LogP contribution >= 0.6 is 0 Å². The molecule has 6 heteroatoms. The fraction of sp³-hybridized carbons (Fsp3) is 0.154. The summed E-state index contributed by atoms with van der Waals surface area (Å²) in [6.07, 6.45) is 1.61. The normalized spacial score (nSPS) is 9.95. The number of esters is 1. The Morgan fingerprint density at radius 1 is 1.37 bits per heavy atom. The molecule has 1 heterocycles. The molecular formula is C13H14N4O2. The fourth-order valence-electron chi connectivity index (χ4n) is 1.62. The van der Waals surface area contributed by atoms with Gasteiger partial charge in [-0.05, 0) is 24.3 Å². The third kappa shape index (κ3) is 2.98. The molecule has 3 N–H and O–H groups in total. The van der Waals surface area contributed by atoms with Gasteiger partial charge in [0.1, 0.15) is 0 Å². The van der Waals surface area contributed by atoms with Crippen molar-refractivity contribution < 1.29 is 9.53 Å². The van der Waals surface area contributed by atoms with Crippen molar-refractivity contribution in [2.45, 2.75) is 6.54 Å². The van der Waals surface area contributed by atoms with E-state index in [1.165, 1.54) is 7.11 Å². The number of carbonyl (C=O) groups excluding carboxylic acids is 1. The number of carbonyl (C=O) groups is 1. The van der Waals surface area contributed by atoms with Crippen molar-refractivity contribution in [3.63, 3.8) is 0 Å². The zero-order valence-electron chi connectivity index (χ0n) is 10.5. The van der Waals surface area contributed by atoms with E-state index in [0.29, 0.717) is 23.5 Å². The zero-order valence-corrected chi connectivity index (χ0v) is 10.5. The van der Waals surface area contributed by atoms with E-state index in [1.54, 1.807) is 30.5 Å². The summed E-state index contributed by atoms with van der Waals surface area (Å²) in [5.41, 5.74) is 8.07. The van der Waals surface area contributed by atoms with Crippen LogP contribution in [0.4, 0.5) is 11.4 Å². The lowest BCUT2D eigenvalue weighted by molar-refractivity contribution is 0.0602. The van der Waals surface area contributed by atoms with Crippen LogP contribution in [0.5, 0.6) is 0 Å². The third-order valence-electron chi connectivity index (χ3n) is 2.60. The highest BCUT2D eigenvalue weighted by molar-refractivity contribution is 5.98. The predicted octanol–water partition coefficient (Wildman–Crippen LogP) is 1.46. The molecule has 98 valence electrons. The summed E-state index contributed by atoms with van der Waals surface area (Å²) in [7, 11) is 1.32. The standard InChI is InChI=1S/C13H14N4O2/c1-19-13(18)10-5-2-6-11(12(10)14)15-8-9-4-3-7-16-17-9/h2-7,15H,8,14H2,1H3. The lowest BCUT2D eigenvalue weighted by atomic mass is 10.1. The lowest BCUT2D eigenvalue weighted by Crippen LogP contribution is -2.09. The number of rotatable bonds is 4. The first-order valence-corrected chi connectivity index (χ1v) is 5.69. The van der Waals surface area contributed by atoms with Gasteiger partial charge in [0.2, 0.25) is 0 Å². The first kappa shape index (κ1) is 12.8. The highest BCUT2D eigenvalue weighted by Gasteiger charge is 2.12. The summed E-state index contributed by atoms with van der Waals surface area (Å²) in [4.78, 5) is 11.5.